The van der Waals surface area contributed by atoms with Crippen molar-refractivity contribution < 1.29 is 23.8 Å². The molecule has 140 valence electrons. The SMILES string of the molecule is CCOC(=O)NC(=O)Nc1cnn(CCc2ccc(OC)c(OC)c2)c1. The molecule has 9 nitrogen and oxygen atoms in total. The predicted molar refractivity (Wildman–Crippen MR) is 94.7 cm³/mol. The molecular formula is C17H22N4O5. The number of aromatic nitrogens is 2. The maximum absolute atomic E-state index is 11.6. The van der Waals surface area contributed by atoms with Crippen LogP contribution in [0.25, 0.3) is 0 Å². The van der Waals surface area contributed by atoms with Crippen molar-refractivity contribution in [3.63, 3.8) is 0 Å². The number of anilines is 1. The number of benzene rings is 1. The average Bonchev–Trinajstić information content (AvgIpc) is 3.06. The fraction of sp³-hybridized carbons (Fsp3) is 0.353. The van der Waals surface area contributed by atoms with Crippen LogP contribution in [0.2, 0.25) is 0 Å². The van der Waals surface area contributed by atoms with E-state index in [1.165, 1.54) is 6.20 Å². The Kier molecular flexibility index (Phi) is 6.84. The van der Waals surface area contributed by atoms with Crippen LogP contribution < -0.4 is 20.1 Å². The van der Waals surface area contributed by atoms with Crippen molar-refractivity contribution in [3.05, 3.63) is 36.2 Å². The third-order valence-electron chi connectivity index (χ3n) is 3.46. The molecule has 0 unspecified atom stereocenters. The molecule has 0 aliphatic carbocycles. The molecule has 0 spiro atoms. The van der Waals surface area contributed by atoms with Gasteiger partial charge >= 0.3 is 12.1 Å². The summed E-state index contributed by atoms with van der Waals surface area (Å²) in [5.74, 6) is 1.35. The first kappa shape index (κ1) is 19.1. The van der Waals surface area contributed by atoms with Crippen LogP contribution in [0.15, 0.2) is 30.6 Å². The second kappa shape index (κ2) is 9.30. The van der Waals surface area contributed by atoms with E-state index in [0.717, 1.165) is 12.0 Å². The van der Waals surface area contributed by atoms with Crippen molar-refractivity contribution in [2.24, 2.45) is 0 Å². The van der Waals surface area contributed by atoms with E-state index >= 15 is 0 Å². The van der Waals surface area contributed by atoms with Crippen LogP contribution in [0.4, 0.5) is 15.3 Å². The number of amides is 3. The molecular weight excluding hydrogens is 340 g/mol. The summed E-state index contributed by atoms with van der Waals surface area (Å²) >= 11 is 0. The summed E-state index contributed by atoms with van der Waals surface area (Å²) < 4.78 is 16.8. The van der Waals surface area contributed by atoms with Crippen LogP contribution in [0.1, 0.15) is 12.5 Å². The number of ether oxygens (including phenoxy) is 3. The van der Waals surface area contributed by atoms with E-state index in [2.05, 4.69) is 15.2 Å². The number of nitrogens with zero attached hydrogens (tertiary/aromatic N) is 2. The molecule has 0 aliphatic heterocycles. The number of hydrogen-bond acceptors (Lipinski definition) is 6. The smallest absolute Gasteiger partial charge is 0.415 e. The Hall–Kier alpha value is -3.23. The summed E-state index contributed by atoms with van der Waals surface area (Å²) in [6.07, 6.45) is 3.09. The molecule has 1 heterocycles. The van der Waals surface area contributed by atoms with Crippen LogP contribution in [-0.2, 0) is 17.7 Å². The van der Waals surface area contributed by atoms with Gasteiger partial charge in [-0.2, -0.15) is 5.10 Å². The van der Waals surface area contributed by atoms with Crippen LogP contribution in [0.5, 0.6) is 11.5 Å². The number of carbonyl (C=O) groups is 2. The zero-order chi connectivity index (χ0) is 18.9. The maximum Gasteiger partial charge on any atom is 0.415 e. The van der Waals surface area contributed by atoms with Crippen molar-refractivity contribution in [2.45, 2.75) is 19.9 Å². The highest BCUT2D eigenvalue weighted by atomic mass is 16.5. The van der Waals surface area contributed by atoms with Gasteiger partial charge in [0.2, 0.25) is 0 Å². The van der Waals surface area contributed by atoms with Gasteiger partial charge in [0.05, 0.1) is 32.7 Å². The Bertz CT molecular complexity index is 759. The van der Waals surface area contributed by atoms with Gasteiger partial charge < -0.3 is 19.5 Å². The van der Waals surface area contributed by atoms with Crippen LogP contribution in [0, 0.1) is 0 Å². The molecule has 0 saturated carbocycles. The zero-order valence-electron chi connectivity index (χ0n) is 14.9. The third kappa shape index (κ3) is 5.40. The molecule has 0 bridgehead atoms. The van der Waals surface area contributed by atoms with Gasteiger partial charge in [0.15, 0.2) is 11.5 Å². The van der Waals surface area contributed by atoms with E-state index in [1.54, 1.807) is 32.0 Å². The normalized spacial score (nSPS) is 10.1. The molecule has 1 aromatic heterocycles. The quantitative estimate of drug-likeness (QED) is 0.784. The topological polar surface area (TPSA) is 104 Å². The van der Waals surface area contributed by atoms with Crippen LogP contribution >= 0.6 is 0 Å². The zero-order valence-corrected chi connectivity index (χ0v) is 14.9. The van der Waals surface area contributed by atoms with Crippen molar-refractivity contribution in [1.29, 1.82) is 0 Å². The predicted octanol–water partition coefficient (Wildman–Crippen LogP) is 2.42. The van der Waals surface area contributed by atoms with Gasteiger partial charge in [0.1, 0.15) is 0 Å². The number of urea groups is 1. The highest BCUT2D eigenvalue weighted by molar-refractivity contribution is 5.98. The molecule has 2 N–H and O–H groups in total. The van der Waals surface area contributed by atoms with Crippen molar-refractivity contribution >= 4 is 17.8 Å². The van der Waals surface area contributed by atoms with Gasteiger partial charge in [-0.05, 0) is 31.0 Å². The van der Waals surface area contributed by atoms with Gasteiger partial charge in [-0.15, -0.1) is 0 Å². The summed E-state index contributed by atoms with van der Waals surface area (Å²) in [5, 5.41) is 8.74. The van der Waals surface area contributed by atoms with E-state index in [4.69, 9.17) is 9.47 Å². The highest BCUT2D eigenvalue weighted by Crippen LogP contribution is 2.27. The number of aryl methyl sites for hydroxylation is 2. The number of rotatable bonds is 7. The highest BCUT2D eigenvalue weighted by Gasteiger charge is 2.09. The molecule has 3 amide bonds. The van der Waals surface area contributed by atoms with Gasteiger partial charge in [-0.25, -0.2) is 14.9 Å². The van der Waals surface area contributed by atoms with Crippen LogP contribution in [-0.4, -0.2) is 42.7 Å². The van der Waals surface area contributed by atoms with Crippen LogP contribution in [0.3, 0.4) is 0 Å². The number of imide groups is 1. The van der Waals surface area contributed by atoms with Gasteiger partial charge in [0.25, 0.3) is 0 Å². The average molecular weight is 362 g/mol. The van der Waals surface area contributed by atoms with Crippen molar-refractivity contribution in [2.75, 3.05) is 26.1 Å². The minimum atomic E-state index is -0.800. The first-order chi connectivity index (χ1) is 12.5. The second-order valence-electron chi connectivity index (χ2n) is 5.23. The van der Waals surface area contributed by atoms with Crippen molar-refractivity contribution in [3.8, 4) is 11.5 Å². The Morgan fingerprint density at radius 3 is 2.65 bits per heavy atom. The minimum Gasteiger partial charge on any atom is -0.493 e. The molecule has 2 rings (SSSR count). The summed E-state index contributed by atoms with van der Waals surface area (Å²) in [5.41, 5.74) is 1.53. The monoisotopic (exact) mass is 362 g/mol. The van der Waals surface area contributed by atoms with Gasteiger partial charge in [-0.1, -0.05) is 6.07 Å². The third-order valence-corrected chi connectivity index (χ3v) is 3.46. The van der Waals surface area contributed by atoms with Gasteiger partial charge in [-0.3, -0.25) is 4.68 Å². The molecule has 2 aromatic rings. The molecule has 0 saturated heterocycles. The number of alkyl carbamates (subject to hydrolysis) is 1. The first-order valence-corrected chi connectivity index (χ1v) is 8.03. The summed E-state index contributed by atoms with van der Waals surface area (Å²) in [7, 11) is 3.18. The second-order valence-corrected chi connectivity index (χ2v) is 5.23. The fourth-order valence-corrected chi connectivity index (χ4v) is 2.25. The van der Waals surface area contributed by atoms with E-state index in [9.17, 15) is 9.59 Å². The first-order valence-electron chi connectivity index (χ1n) is 8.03. The number of hydrogen-bond donors (Lipinski definition) is 2. The summed E-state index contributed by atoms with van der Waals surface area (Å²) in [6, 6.07) is 5.04. The lowest BCUT2D eigenvalue weighted by Gasteiger charge is -2.09. The Labute approximate surface area is 151 Å². The molecule has 0 fully saturated rings. The largest absolute Gasteiger partial charge is 0.493 e. The van der Waals surface area contributed by atoms with E-state index in [-0.39, 0.29) is 6.61 Å². The summed E-state index contributed by atoms with van der Waals surface area (Å²) in [6.45, 7) is 2.45. The van der Waals surface area contributed by atoms with Gasteiger partial charge in [0, 0.05) is 12.7 Å². The maximum atomic E-state index is 11.6. The lowest BCUT2D eigenvalue weighted by molar-refractivity contribution is 0.154. The van der Waals surface area contributed by atoms with E-state index < -0.39 is 12.1 Å². The molecule has 26 heavy (non-hydrogen) atoms. The van der Waals surface area contributed by atoms with E-state index in [1.807, 2.05) is 23.5 Å². The minimum absolute atomic E-state index is 0.188. The Morgan fingerprint density at radius 2 is 1.96 bits per heavy atom. The Balaban J connectivity index is 1.88. The number of nitrogens with one attached hydrogen (secondary N) is 2. The fourth-order valence-electron chi connectivity index (χ4n) is 2.25. The lowest BCUT2D eigenvalue weighted by Crippen LogP contribution is -2.34. The molecule has 9 heteroatoms. The summed E-state index contributed by atoms with van der Waals surface area (Å²) in [4.78, 5) is 22.8. The number of carbonyl (C=O) groups excluding carboxylic acids is 2. The van der Waals surface area contributed by atoms with E-state index in [0.29, 0.717) is 23.7 Å². The molecule has 0 aliphatic rings. The van der Waals surface area contributed by atoms with Crippen molar-refractivity contribution in [1.82, 2.24) is 15.1 Å². The molecule has 0 radical (unpaired) electrons. The molecule has 0 atom stereocenters. The molecule has 1 aromatic carbocycles. The number of methoxy groups -OCH3 is 2. The standard InChI is InChI=1S/C17H22N4O5/c1-4-26-17(23)20-16(22)19-13-10-18-21(11-13)8-7-12-5-6-14(24-2)15(9-12)25-3/h5-6,9-11H,4,7-8H2,1-3H3,(H2,19,20,22,23). The lowest BCUT2D eigenvalue weighted by atomic mass is 10.1. The Morgan fingerprint density at radius 1 is 1.19 bits per heavy atom.